The van der Waals surface area contributed by atoms with Gasteiger partial charge < -0.3 is 19.0 Å². The number of cyclic esters (lactones) is 1. The molecule has 0 spiro atoms. The fourth-order valence-corrected chi connectivity index (χ4v) is 4.23. The SMILES string of the molecule is O=C1O[C@@H](c2ccccc2)Cc2cc(C(=O)N3CCN(C(=O)c4ccco4)CC3)ccc21. The summed E-state index contributed by atoms with van der Waals surface area (Å²) >= 11 is 0. The molecule has 2 aliphatic heterocycles. The van der Waals surface area contributed by atoms with Crippen molar-refractivity contribution in [3.05, 3.63) is 94.9 Å². The summed E-state index contributed by atoms with van der Waals surface area (Å²) in [6.07, 6.45) is 1.64. The molecule has 2 amide bonds. The highest BCUT2D eigenvalue weighted by Crippen LogP contribution is 2.31. The Morgan fingerprint density at radius 3 is 2.25 bits per heavy atom. The minimum atomic E-state index is -0.371. The number of hydrogen-bond acceptors (Lipinski definition) is 5. The molecule has 0 saturated carbocycles. The minimum Gasteiger partial charge on any atom is -0.459 e. The topological polar surface area (TPSA) is 80.1 Å². The van der Waals surface area contributed by atoms with Gasteiger partial charge in [0.25, 0.3) is 11.8 Å². The Morgan fingerprint density at radius 2 is 1.56 bits per heavy atom. The fraction of sp³-hybridized carbons (Fsp3) is 0.240. The van der Waals surface area contributed by atoms with Crippen LogP contribution < -0.4 is 0 Å². The van der Waals surface area contributed by atoms with Crippen LogP contribution in [0.1, 0.15) is 48.5 Å². The molecule has 0 bridgehead atoms. The molecule has 0 aliphatic carbocycles. The number of furan rings is 1. The monoisotopic (exact) mass is 430 g/mol. The predicted octanol–water partition coefficient (Wildman–Crippen LogP) is 3.33. The Morgan fingerprint density at radius 1 is 0.844 bits per heavy atom. The van der Waals surface area contributed by atoms with E-state index in [1.54, 1.807) is 40.1 Å². The van der Waals surface area contributed by atoms with Gasteiger partial charge in [-0.2, -0.15) is 0 Å². The molecule has 5 rings (SSSR count). The standard InChI is InChI=1S/C25H22N2O5/c28-23(26-10-12-27(13-11-26)24(29)21-7-4-14-31-21)18-8-9-20-19(15-18)16-22(32-25(20)30)17-5-2-1-3-6-17/h1-9,14-15,22H,10-13,16H2/t22-/m1/s1. The number of piperazine rings is 1. The first-order valence-corrected chi connectivity index (χ1v) is 10.6. The van der Waals surface area contributed by atoms with Crippen molar-refractivity contribution in [3.8, 4) is 0 Å². The summed E-state index contributed by atoms with van der Waals surface area (Å²) in [5.41, 5.74) is 2.78. The zero-order valence-corrected chi connectivity index (χ0v) is 17.4. The van der Waals surface area contributed by atoms with E-state index in [2.05, 4.69) is 0 Å². The first-order chi connectivity index (χ1) is 15.6. The van der Waals surface area contributed by atoms with Crippen LogP contribution in [0.4, 0.5) is 0 Å². The van der Waals surface area contributed by atoms with Crippen molar-refractivity contribution in [2.45, 2.75) is 12.5 Å². The molecule has 7 heteroatoms. The predicted molar refractivity (Wildman–Crippen MR) is 115 cm³/mol. The number of amides is 2. The van der Waals surface area contributed by atoms with E-state index in [-0.39, 0.29) is 23.9 Å². The Hall–Kier alpha value is -3.87. The average Bonchev–Trinajstić information content (AvgIpc) is 3.38. The summed E-state index contributed by atoms with van der Waals surface area (Å²) in [5.74, 6) is -0.335. The number of benzene rings is 2. The third-order valence-corrected chi connectivity index (χ3v) is 5.98. The minimum absolute atomic E-state index is 0.104. The fourth-order valence-electron chi connectivity index (χ4n) is 4.23. The molecule has 0 radical (unpaired) electrons. The third-order valence-electron chi connectivity index (χ3n) is 5.98. The molecular formula is C25H22N2O5. The second-order valence-electron chi connectivity index (χ2n) is 7.94. The largest absolute Gasteiger partial charge is 0.459 e. The summed E-state index contributed by atoms with van der Waals surface area (Å²) in [6.45, 7) is 1.77. The van der Waals surface area contributed by atoms with E-state index in [1.807, 2.05) is 30.3 Å². The van der Waals surface area contributed by atoms with E-state index in [9.17, 15) is 14.4 Å². The van der Waals surface area contributed by atoms with Crippen molar-refractivity contribution in [2.75, 3.05) is 26.2 Å². The summed E-state index contributed by atoms with van der Waals surface area (Å²) in [5, 5.41) is 0. The van der Waals surface area contributed by atoms with Crippen molar-refractivity contribution < 1.29 is 23.5 Å². The average molecular weight is 430 g/mol. The van der Waals surface area contributed by atoms with Crippen LogP contribution in [0.15, 0.2) is 71.3 Å². The lowest BCUT2D eigenvalue weighted by atomic mass is 9.93. The number of hydrogen-bond donors (Lipinski definition) is 0. The molecule has 1 saturated heterocycles. The molecule has 3 aromatic rings. The van der Waals surface area contributed by atoms with Crippen LogP contribution in [0.25, 0.3) is 0 Å². The van der Waals surface area contributed by atoms with Crippen LogP contribution in [0.3, 0.4) is 0 Å². The van der Waals surface area contributed by atoms with E-state index < -0.39 is 0 Å². The van der Waals surface area contributed by atoms with Crippen molar-refractivity contribution in [1.82, 2.24) is 9.80 Å². The number of ether oxygens (including phenoxy) is 1. The van der Waals surface area contributed by atoms with Crippen molar-refractivity contribution >= 4 is 17.8 Å². The molecule has 2 aliphatic rings. The van der Waals surface area contributed by atoms with Gasteiger partial charge in [0.1, 0.15) is 6.10 Å². The first-order valence-electron chi connectivity index (χ1n) is 10.6. The van der Waals surface area contributed by atoms with Gasteiger partial charge in [0.2, 0.25) is 0 Å². The Kier molecular flexibility index (Phi) is 5.23. The number of nitrogens with zero attached hydrogens (tertiary/aromatic N) is 2. The second-order valence-corrected chi connectivity index (χ2v) is 7.94. The molecular weight excluding hydrogens is 408 g/mol. The molecule has 1 atom stereocenters. The molecule has 0 N–H and O–H groups in total. The molecule has 2 aromatic carbocycles. The summed E-state index contributed by atoms with van der Waals surface area (Å²) in [4.78, 5) is 41.5. The number of carbonyl (C=O) groups is 3. The van der Waals surface area contributed by atoms with Crippen LogP contribution in [0.2, 0.25) is 0 Å². The van der Waals surface area contributed by atoms with Crippen molar-refractivity contribution in [3.63, 3.8) is 0 Å². The van der Waals surface area contributed by atoms with Gasteiger partial charge in [-0.3, -0.25) is 9.59 Å². The smallest absolute Gasteiger partial charge is 0.339 e. The highest BCUT2D eigenvalue weighted by molar-refractivity contribution is 5.98. The highest BCUT2D eigenvalue weighted by atomic mass is 16.5. The van der Waals surface area contributed by atoms with Gasteiger partial charge >= 0.3 is 5.97 Å². The van der Waals surface area contributed by atoms with Crippen molar-refractivity contribution in [2.24, 2.45) is 0 Å². The maximum absolute atomic E-state index is 13.1. The zero-order chi connectivity index (χ0) is 22.1. The van der Waals surface area contributed by atoms with Gasteiger partial charge in [-0.1, -0.05) is 30.3 Å². The first kappa shape index (κ1) is 20.1. The van der Waals surface area contributed by atoms with E-state index in [4.69, 9.17) is 9.15 Å². The summed E-state index contributed by atoms with van der Waals surface area (Å²) < 4.78 is 10.8. The van der Waals surface area contributed by atoms with Gasteiger partial charge in [0.15, 0.2) is 5.76 Å². The maximum Gasteiger partial charge on any atom is 0.339 e. The van der Waals surface area contributed by atoms with E-state index in [1.165, 1.54) is 6.26 Å². The molecule has 3 heterocycles. The lowest BCUT2D eigenvalue weighted by Gasteiger charge is -2.34. The van der Waals surface area contributed by atoms with Crippen molar-refractivity contribution in [1.29, 1.82) is 0 Å². The summed E-state index contributed by atoms with van der Waals surface area (Å²) in [7, 11) is 0. The quantitative estimate of drug-likeness (QED) is 0.596. The molecule has 162 valence electrons. The maximum atomic E-state index is 13.1. The van der Waals surface area contributed by atoms with Crippen LogP contribution in [0, 0.1) is 0 Å². The van der Waals surface area contributed by atoms with Crippen LogP contribution in [-0.2, 0) is 11.2 Å². The lowest BCUT2D eigenvalue weighted by Crippen LogP contribution is -2.50. The molecule has 1 fully saturated rings. The molecule has 1 aromatic heterocycles. The highest BCUT2D eigenvalue weighted by Gasteiger charge is 2.30. The van der Waals surface area contributed by atoms with Crippen LogP contribution in [-0.4, -0.2) is 53.8 Å². The number of carbonyl (C=O) groups excluding carboxylic acids is 3. The third kappa shape index (κ3) is 3.77. The molecule has 7 nitrogen and oxygen atoms in total. The molecule has 32 heavy (non-hydrogen) atoms. The number of rotatable bonds is 3. The molecule has 0 unspecified atom stereocenters. The Balaban J connectivity index is 1.28. The van der Waals surface area contributed by atoms with Gasteiger partial charge in [0, 0.05) is 38.2 Å². The van der Waals surface area contributed by atoms with Gasteiger partial charge in [0.05, 0.1) is 11.8 Å². The van der Waals surface area contributed by atoms with E-state index >= 15 is 0 Å². The zero-order valence-electron chi connectivity index (χ0n) is 17.4. The van der Waals surface area contributed by atoms with Gasteiger partial charge in [-0.05, 0) is 41.5 Å². The number of esters is 1. The number of fused-ring (bicyclic) bond motifs is 1. The normalized spacial score (nSPS) is 18.1. The second kappa shape index (κ2) is 8.34. The van der Waals surface area contributed by atoms with Gasteiger partial charge in [-0.15, -0.1) is 0 Å². The van der Waals surface area contributed by atoms with E-state index in [0.29, 0.717) is 49.5 Å². The Bertz CT molecular complexity index is 1150. The van der Waals surface area contributed by atoms with Gasteiger partial charge in [-0.25, -0.2) is 4.79 Å². The van der Waals surface area contributed by atoms with Crippen LogP contribution in [0.5, 0.6) is 0 Å². The van der Waals surface area contributed by atoms with Crippen LogP contribution >= 0.6 is 0 Å². The Labute approximate surface area is 185 Å². The lowest BCUT2D eigenvalue weighted by molar-refractivity contribution is 0.0252. The summed E-state index contributed by atoms with van der Waals surface area (Å²) in [6, 6.07) is 18.1. The van der Waals surface area contributed by atoms with E-state index in [0.717, 1.165) is 11.1 Å².